The zero-order valence-electron chi connectivity index (χ0n) is 10.4. The Morgan fingerprint density at radius 2 is 2.16 bits per heavy atom. The second kappa shape index (κ2) is 5.14. The molecule has 0 saturated carbocycles. The lowest BCUT2D eigenvalue weighted by Crippen LogP contribution is -2.13. The van der Waals surface area contributed by atoms with Crippen molar-refractivity contribution in [1.29, 1.82) is 0 Å². The zero-order chi connectivity index (χ0) is 14.2. The van der Waals surface area contributed by atoms with Gasteiger partial charge in [-0.25, -0.2) is 4.39 Å². The normalized spacial score (nSPS) is 10.5. The molecule has 0 radical (unpaired) electrons. The Balaban J connectivity index is 2.46. The summed E-state index contributed by atoms with van der Waals surface area (Å²) >= 11 is 10.8. The number of aryl methyl sites for hydroxylation is 2. The molecule has 1 aromatic heterocycles. The van der Waals surface area contributed by atoms with Gasteiger partial charge in [-0.15, -0.1) is 0 Å². The second-order valence-corrected chi connectivity index (χ2v) is 4.96. The third-order valence-electron chi connectivity index (χ3n) is 2.59. The number of thiocarbonyl (C=S) groups is 1. The highest BCUT2D eigenvalue weighted by Gasteiger charge is 2.16. The van der Waals surface area contributed by atoms with Gasteiger partial charge < -0.3 is 11.1 Å². The Hall–Kier alpha value is -1.66. The van der Waals surface area contributed by atoms with Gasteiger partial charge in [0.05, 0.1) is 11.3 Å². The van der Waals surface area contributed by atoms with Crippen LogP contribution in [0.15, 0.2) is 18.2 Å². The van der Waals surface area contributed by atoms with Gasteiger partial charge in [0, 0.05) is 17.8 Å². The van der Waals surface area contributed by atoms with Gasteiger partial charge in [-0.1, -0.05) is 23.8 Å². The summed E-state index contributed by atoms with van der Waals surface area (Å²) in [7, 11) is 1.75. The van der Waals surface area contributed by atoms with Crippen molar-refractivity contribution >= 4 is 40.3 Å². The summed E-state index contributed by atoms with van der Waals surface area (Å²) in [5.41, 5.74) is 7.53. The van der Waals surface area contributed by atoms with Crippen LogP contribution in [0.3, 0.4) is 0 Å². The van der Waals surface area contributed by atoms with Crippen LogP contribution in [0.1, 0.15) is 11.3 Å². The molecule has 0 unspecified atom stereocenters. The SMILES string of the molecule is Cc1nn(C)c(Nc2cc(F)cc(Cl)c2)c1C(N)=S. The number of halogens is 2. The van der Waals surface area contributed by atoms with E-state index in [1.165, 1.54) is 12.1 Å². The average Bonchev–Trinajstić information content (AvgIpc) is 2.52. The van der Waals surface area contributed by atoms with Crippen molar-refractivity contribution in [1.82, 2.24) is 9.78 Å². The lowest BCUT2D eigenvalue weighted by atomic mass is 10.2. The minimum absolute atomic E-state index is 0.232. The van der Waals surface area contributed by atoms with Crippen LogP contribution in [0.25, 0.3) is 0 Å². The van der Waals surface area contributed by atoms with Crippen molar-refractivity contribution in [2.45, 2.75) is 6.92 Å². The predicted octanol–water partition coefficient (Wildman–Crippen LogP) is 2.90. The van der Waals surface area contributed by atoms with Crippen LogP contribution in [-0.2, 0) is 7.05 Å². The molecule has 0 fully saturated rings. The number of rotatable bonds is 3. The molecule has 100 valence electrons. The fourth-order valence-electron chi connectivity index (χ4n) is 1.86. The van der Waals surface area contributed by atoms with Gasteiger partial charge in [0.15, 0.2) is 0 Å². The number of nitrogens with two attached hydrogens (primary N) is 1. The van der Waals surface area contributed by atoms with Crippen molar-refractivity contribution in [2.75, 3.05) is 5.32 Å². The molecule has 0 saturated heterocycles. The number of benzene rings is 1. The summed E-state index contributed by atoms with van der Waals surface area (Å²) in [5, 5.41) is 7.57. The highest BCUT2D eigenvalue weighted by molar-refractivity contribution is 7.80. The van der Waals surface area contributed by atoms with Gasteiger partial charge in [-0.2, -0.15) is 5.10 Å². The molecule has 0 atom stereocenters. The Morgan fingerprint density at radius 3 is 2.74 bits per heavy atom. The highest BCUT2D eigenvalue weighted by Crippen LogP contribution is 2.25. The summed E-state index contributed by atoms with van der Waals surface area (Å²) in [5.74, 6) is 0.178. The summed E-state index contributed by atoms with van der Waals surface area (Å²) in [6.07, 6.45) is 0. The maximum Gasteiger partial charge on any atom is 0.138 e. The predicted molar refractivity (Wildman–Crippen MR) is 78.5 cm³/mol. The fourth-order valence-corrected chi connectivity index (χ4v) is 2.33. The van der Waals surface area contributed by atoms with Gasteiger partial charge in [-0.3, -0.25) is 4.68 Å². The van der Waals surface area contributed by atoms with E-state index >= 15 is 0 Å². The first-order chi connectivity index (χ1) is 8.88. The quantitative estimate of drug-likeness (QED) is 0.856. The van der Waals surface area contributed by atoms with E-state index in [4.69, 9.17) is 29.6 Å². The van der Waals surface area contributed by atoms with Crippen LogP contribution in [-0.4, -0.2) is 14.8 Å². The van der Waals surface area contributed by atoms with Gasteiger partial charge >= 0.3 is 0 Å². The van der Waals surface area contributed by atoms with Crippen LogP contribution in [0, 0.1) is 12.7 Å². The van der Waals surface area contributed by atoms with E-state index in [-0.39, 0.29) is 4.99 Å². The van der Waals surface area contributed by atoms with Crippen LogP contribution >= 0.6 is 23.8 Å². The minimum atomic E-state index is -0.425. The molecule has 2 rings (SSSR count). The van der Waals surface area contributed by atoms with E-state index in [1.54, 1.807) is 24.7 Å². The van der Waals surface area contributed by atoms with Crippen LogP contribution in [0.4, 0.5) is 15.9 Å². The summed E-state index contributed by atoms with van der Waals surface area (Å²) in [6, 6.07) is 4.17. The van der Waals surface area contributed by atoms with Crippen molar-refractivity contribution in [3.8, 4) is 0 Å². The lowest BCUT2D eigenvalue weighted by Gasteiger charge is -2.09. The van der Waals surface area contributed by atoms with E-state index in [2.05, 4.69) is 10.4 Å². The van der Waals surface area contributed by atoms with E-state index < -0.39 is 5.82 Å². The lowest BCUT2D eigenvalue weighted by molar-refractivity contribution is 0.628. The standard InChI is InChI=1S/C12H12ClFN4S/c1-6-10(11(15)19)12(18(2)17-6)16-9-4-7(13)3-8(14)5-9/h3-5,16H,1-2H3,(H2,15,19). The molecule has 1 heterocycles. The number of anilines is 2. The molecule has 1 aromatic carbocycles. The Kier molecular flexibility index (Phi) is 3.73. The first-order valence-corrected chi connectivity index (χ1v) is 6.23. The molecule has 0 bridgehead atoms. The topological polar surface area (TPSA) is 55.9 Å². The third kappa shape index (κ3) is 2.85. The second-order valence-electron chi connectivity index (χ2n) is 4.08. The molecular formula is C12H12ClFN4S. The molecule has 0 aliphatic rings. The first kappa shape index (κ1) is 13.8. The molecule has 4 nitrogen and oxygen atoms in total. The molecule has 0 amide bonds. The highest BCUT2D eigenvalue weighted by atomic mass is 35.5. The zero-order valence-corrected chi connectivity index (χ0v) is 11.9. The first-order valence-electron chi connectivity index (χ1n) is 5.45. The van der Waals surface area contributed by atoms with Gasteiger partial charge in [0.2, 0.25) is 0 Å². The van der Waals surface area contributed by atoms with Crippen LogP contribution < -0.4 is 11.1 Å². The molecule has 0 aliphatic carbocycles. The van der Waals surface area contributed by atoms with Gasteiger partial charge in [0.25, 0.3) is 0 Å². The number of hydrogen-bond acceptors (Lipinski definition) is 3. The number of nitrogens with zero attached hydrogens (tertiary/aromatic N) is 2. The van der Waals surface area contributed by atoms with Gasteiger partial charge in [0.1, 0.15) is 16.6 Å². The Labute approximate surface area is 120 Å². The smallest absolute Gasteiger partial charge is 0.138 e. The van der Waals surface area contributed by atoms with E-state index in [1.807, 2.05) is 0 Å². The number of aromatic nitrogens is 2. The maximum atomic E-state index is 13.3. The molecule has 3 N–H and O–H groups in total. The number of hydrogen-bond donors (Lipinski definition) is 2. The monoisotopic (exact) mass is 298 g/mol. The summed E-state index contributed by atoms with van der Waals surface area (Å²) in [4.78, 5) is 0.232. The molecule has 0 aliphatic heterocycles. The molecule has 0 spiro atoms. The molecule has 7 heteroatoms. The molecule has 19 heavy (non-hydrogen) atoms. The maximum absolute atomic E-state index is 13.3. The Bertz CT molecular complexity index is 633. The van der Waals surface area contributed by atoms with Gasteiger partial charge in [-0.05, 0) is 25.1 Å². The minimum Gasteiger partial charge on any atom is -0.389 e. The van der Waals surface area contributed by atoms with E-state index in [0.717, 1.165) is 0 Å². The van der Waals surface area contributed by atoms with Crippen LogP contribution in [0.5, 0.6) is 0 Å². The van der Waals surface area contributed by atoms with Crippen LogP contribution in [0.2, 0.25) is 5.02 Å². The summed E-state index contributed by atoms with van der Waals surface area (Å²) < 4.78 is 14.9. The Morgan fingerprint density at radius 1 is 1.47 bits per heavy atom. The van der Waals surface area contributed by atoms with Crippen molar-refractivity contribution < 1.29 is 4.39 Å². The fraction of sp³-hybridized carbons (Fsp3) is 0.167. The molecule has 2 aromatic rings. The van der Waals surface area contributed by atoms with Crippen molar-refractivity contribution in [3.05, 3.63) is 40.3 Å². The average molecular weight is 299 g/mol. The number of nitrogens with one attached hydrogen (secondary N) is 1. The summed E-state index contributed by atoms with van der Waals surface area (Å²) in [6.45, 7) is 1.80. The molecular weight excluding hydrogens is 287 g/mol. The third-order valence-corrected chi connectivity index (χ3v) is 3.02. The van der Waals surface area contributed by atoms with Crippen molar-refractivity contribution in [3.63, 3.8) is 0 Å². The van der Waals surface area contributed by atoms with E-state index in [9.17, 15) is 4.39 Å². The van der Waals surface area contributed by atoms with E-state index in [0.29, 0.717) is 27.8 Å². The van der Waals surface area contributed by atoms with Crippen molar-refractivity contribution in [2.24, 2.45) is 12.8 Å². The largest absolute Gasteiger partial charge is 0.389 e.